The Morgan fingerprint density at radius 1 is 0.868 bits per heavy atom. The molecule has 2 aromatic carbocycles. The highest BCUT2D eigenvalue weighted by molar-refractivity contribution is 5.90. The van der Waals surface area contributed by atoms with Crippen molar-refractivity contribution in [1.82, 2.24) is 0 Å². The fraction of sp³-hybridized carbons (Fsp3) is 0.448. The van der Waals surface area contributed by atoms with E-state index in [4.69, 9.17) is 18.9 Å². The molecule has 206 valence electrons. The quantitative estimate of drug-likeness (QED) is 0.0631. The molecule has 0 bridgehead atoms. The van der Waals surface area contributed by atoms with Gasteiger partial charge < -0.3 is 18.9 Å². The Morgan fingerprint density at radius 2 is 1.47 bits per heavy atom. The van der Waals surface area contributed by atoms with Crippen molar-refractivity contribution in [3.8, 4) is 17.2 Å². The smallest absolute Gasteiger partial charge is 0.338 e. The summed E-state index contributed by atoms with van der Waals surface area (Å²) >= 11 is 0. The molecule has 0 radical (unpaired) electrons. The maximum atomic E-state index is 12.2. The molecule has 2 aromatic rings. The Labute approximate surface area is 223 Å². The summed E-state index contributed by atoms with van der Waals surface area (Å²) in [4.78, 5) is 34.8. The summed E-state index contributed by atoms with van der Waals surface area (Å²) in [6.07, 6.45) is 11.3. The Bertz CT molecular complexity index is 1040. The number of unbranched alkanes of at least 4 members (excludes halogenated alkanes) is 7. The third-order valence-electron chi connectivity index (χ3n) is 5.60. The molecule has 0 aromatic heterocycles. The van der Waals surface area contributed by atoms with Crippen molar-refractivity contribution in [2.45, 2.75) is 58.3 Å². The summed E-state index contributed by atoms with van der Waals surface area (Å²) in [6.45, 7) is 5.61. The molecule has 0 aliphatic carbocycles. The van der Waals surface area contributed by atoms with Crippen LogP contribution in [0.2, 0.25) is 0 Å². The molecule has 0 unspecified atom stereocenters. The van der Waals surface area contributed by atoms with Crippen LogP contribution in [0, 0.1) is 10.1 Å². The van der Waals surface area contributed by atoms with E-state index in [0.717, 1.165) is 24.7 Å². The van der Waals surface area contributed by atoms with Gasteiger partial charge in [-0.2, -0.15) is 0 Å². The summed E-state index contributed by atoms with van der Waals surface area (Å²) in [5.74, 6) is -0.0516. The number of esters is 1. The van der Waals surface area contributed by atoms with Crippen molar-refractivity contribution >= 4 is 17.4 Å². The summed E-state index contributed by atoms with van der Waals surface area (Å²) in [5.41, 5.74) is -0.458. The Morgan fingerprint density at radius 3 is 2.11 bits per heavy atom. The Kier molecular flexibility index (Phi) is 14.0. The first-order valence-corrected chi connectivity index (χ1v) is 13.0. The average Bonchev–Trinajstić information content (AvgIpc) is 2.93. The van der Waals surface area contributed by atoms with Gasteiger partial charge in [-0.15, -0.1) is 0 Å². The third kappa shape index (κ3) is 11.5. The number of Topliss-reactive ketones (excluding diaryl/α,β-unsaturated/α-hetero) is 1. The Balaban J connectivity index is 1.71. The Hall–Kier alpha value is -3.88. The number of hydrogen-bond acceptors (Lipinski definition) is 8. The average molecular weight is 528 g/mol. The molecule has 38 heavy (non-hydrogen) atoms. The molecular formula is C29H37NO8. The van der Waals surface area contributed by atoms with Crippen molar-refractivity contribution in [2.24, 2.45) is 0 Å². The standard InChI is InChI=1S/C29H37NO8/c1-3-5-6-7-8-9-10-11-19-35-25-13-15-26(16-14-25)37-21-24(31)22-38-28-17-12-23(20-27(28)30(33)34)29(32)36-18-4-2/h4,12-17,20H,2-3,5-11,18-19,21-22H2,1H3. The predicted molar refractivity (Wildman–Crippen MR) is 144 cm³/mol. The van der Waals surface area contributed by atoms with Gasteiger partial charge in [0.05, 0.1) is 17.1 Å². The van der Waals surface area contributed by atoms with Crippen LogP contribution in [0.4, 0.5) is 5.69 Å². The zero-order valence-electron chi connectivity index (χ0n) is 22.0. The number of benzene rings is 2. The number of ether oxygens (including phenoxy) is 4. The number of rotatable bonds is 20. The van der Waals surface area contributed by atoms with Crippen molar-refractivity contribution in [3.05, 3.63) is 70.8 Å². The number of carbonyl (C=O) groups excluding carboxylic acids is 2. The second-order valence-corrected chi connectivity index (χ2v) is 8.74. The van der Waals surface area contributed by atoms with Crippen molar-refractivity contribution in [2.75, 3.05) is 26.4 Å². The van der Waals surface area contributed by atoms with Gasteiger partial charge in [0, 0.05) is 6.07 Å². The van der Waals surface area contributed by atoms with Gasteiger partial charge in [-0.3, -0.25) is 14.9 Å². The van der Waals surface area contributed by atoms with Gasteiger partial charge >= 0.3 is 11.7 Å². The van der Waals surface area contributed by atoms with Gasteiger partial charge in [-0.25, -0.2) is 4.79 Å². The van der Waals surface area contributed by atoms with Crippen LogP contribution in [0.5, 0.6) is 17.2 Å². The highest BCUT2D eigenvalue weighted by atomic mass is 16.6. The van der Waals surface area contributed by atoms with Gasteiger partial charge in [-0.05, 0) is 42.8 Å². The van der Waals surface area contributed by atoms with Crippen LogP contribution in [0.3, 0.4) is 0 Å². The van der Waals surface area contributed by atoms with Crippen LogP contribution in [-0.4, -0.2) is 43.1 Å². The van der Waals surface area contributed by atoms with Crippen LogP contribution in [0.25, 0.3) is 0 Å². The zero-order valence-corrected chi connectivity index (χ0v) is 22.0. The van der Waals surface area contributed by atoms with E-state index in [2.05, 4.69) is 13.5 Å². The number of nitro groups is 1. The molecule has 0 heterocycles. The lowest BCUT2D eigenvalue weighted by Crippen LogP contribution is -2.19. The maximum Gasteiger partial charge on any atom is 0.338 e. The zero-order chi connectivity index (χ0) is 27.6. The molecule has 0 aliphatic heterocycles. The van der Waals surface area contributed by atoms with Crippen LogP contribution in [0.1, 0.15) is 68.6 Å². The van der Waals surface area contributed by atoms with E-state index in [1.165, 1.54) is 56.7 Å². The van der Waals surface area contributed by atoms with E-state index in [1.54, 1.807) is 24.3 Å². The minimum absolute atomic E-state index is 0.00853. The van der Waals surface area contributed by atoms with Gasteiger partial charge in [0.15, 0.2) is 12.4 Å². The van der Waals surface area contributed by atoms with Crippen molar-refractivity contribution in [1.29, 1.82) is 0 Å². The first-order valence-electron chi connectivity index (χ1n) is 13.0. The van der Waals surface area contributed by atoms with Crippen LogP contribution in [0.15, 0.2) is 55.1 Å². The number of carbonyl (C=O) groups is 2. The molecule has 0 atom stereocenters. The van der Waals surface area contributed by atoms with Crippen LogP contribution in [-0.2, 0) is 9.53 Å². The normalized spacial score (nSPS) is 10.4. The lowest BCUT2D eigenvalue weighted by Gasteiger charge is -2.10. The van der Waals surface area contributed by atoms with Crippen LogP contribution < -0.4 is 14.2 Å². The molecule has 0 fully saturated rings. The van der Waals surface area contributed by atoms with Gasteiger partial charge in [-0.1, -0.05) is 64.5 Å². The molecule has 0 spiro atoms. The van der Waals surface area contributed by atoms with Gasteiger partial charge in [0.1, 0.15) is 24.7 Å². The number of hydrogen-bond donors (Lipinski definition) is 0. The van der Waals surface area contributed by atoms with Gasteiger partial charge in [0.25, 0.3) is 0 Å². The maximum absolute atomic E-state index is 12.2. The summed E-state index contributed by atoms with van der Waals surface area (Å²) < 4.78 is 21.4. The van der Waals surface area contributed by atoms with E-state index < -0.39 is 29.0 Å². The lowest BCUT2D eigenvalue weighted by molar-refractivity contribution is -0.385. The van der Waals surface area contributed by atoms with Crippen molar-refractivity contribution < 1.29 is 33.5 Å². The number of nitrogens with zero attached hydrogens (tertiary/aromatic N) is 1. The summed E-state index contributed by atoms with van der Waals surface area (Å²) in [6, 6.07) is 10.6. The number of nitro benzene ring substituents is 1. The van der Waals surface area contributed by atoms with Crippen LogP contribution >= 0.6 is 0 Å². The number of ketones is 1. The monoisotopic (exact) mass is 527 g/mol. The van der Waals surface area contributed by atoms with E-state index in [9.17, 15) is 19.7 Å². The fourth-order valence-corrected chi connectivity index (χ4v) is 3.55. The summed E-state index contributed by atoms with van der Waals surface area (Å²) in [5, 5.41) is 11.4. The van der Waals surface area contributed by atoms with Gasteiger partial charge in [0.2, 0.25) is 5.78 Å². The minimum atomic E-state index is -0.728. The van der Waals surface area contributed by atoms with E-state index in [-0.39, 0.29) is 24.5 Å². The third-order valence-corrected chi connectivity index (χ3v) is 5.60. The topological polar surface area (TPSA) is 114 Å². The molecule has 0 amide bonds. The van der Waals surface area contributed by atoms with E-state index in [0.29, 0.717) is 12.4 Å². The second-order valence-electron chi connectivity index (χ2n) is 8.74. The molecule has 9 heteroatoms. The van der Waals surface area contributed by atoms with E-state index in [1.807, 2.05) is 0 Å². The first kappa shape index (κ1) is 30.3. The highest BCUT2D eigenvalue weighted by Crippen LogP contribution is 2.28. The molecule has 9 nitrogen and oxygen atoms in total. The lowest BCUT2D eigenvalue weighted by atomic mass is 10.1. The van der Waals surface area contributed by atoms with Crippen molar-refractivity contribution in [3.63, 3.8) is 0 Å². The highest BCUT2D eigenvalue weighted by Gasteiger charge is 2.20. The SMILES string of the molecule is C=CCOC(=O)c1ccc(OCC(=O)COc2ccc(OCCCCCCCCCC)cc2)c([N+](=O)[O-])c1. The van der Waals surface area contributed by atoms with E-state index >= 15 is 0 Å². The molecule has 0 N–H and O–H groups in total. The molecular weight excluding hydrogens is 490 g/mol. The minimum Gasteiger partial charge on any atom is -0.494 e. The molecule has 0 saturated heterocycles. The molecule has 0 saturated carbocycles. The largest absolute Gasteiger partial charge is 0.494 e. The fourth-order valence-electron chi connectivity index (χ4n) is 3.55. The predicted octanol–water partition coefficient (Wildman–Crippen LogP) is 6.48. The summed E-state index contributed by atoms with van der Waals surface area (Å²) in [7, 11) is 0. The molecule has 2 rings (SSSR count). The first-order chi connectivity index (χ1) is 18.4. The second kappa shape index (κ2) is 17.6. The molecule has 0 aliphatic rings.